The summed E-state index contributed by atoms with van der Waals surface area (Å²) in [6, 6.07) is 32.7. The van der Waals surface area contributed by atoms with E-state index >= 15 is 0 Å². The van der Waals surface area contributed by atoms with Crippen molar-refractivity contribution in [2.24, 2.45) is 5.10 Å². The first-order valence-electron chi connectivity index (χ1n) is 12.0. The van der Waals surface area contributed by atoms with Gasteiger partial charge in [-0.2, -0.15) is 5.10 Å². The summed E-state index contributed by atoms with van der Waals surface area (Å²) in [5.74, 6) is 0.604. The molecule has 2 aliphatic rings. The van der Waals surface area contributed by atoms with Gasteiger partial charge in [-0.1, -0.05) is 96.8 Å². The molecule has 1 atom stereocenters. The molecular weight excluding hydrogens is 498 g/mol. The molecular formula is C30H23N3O2S2. The van der Waals surface area contributed by atoms with Crippen molar-refractivity contribution in [1.82, 2.24) is 4.90 Å². The van der Waals surface area contributed by atoms with Crippen LogP contribution < -0.4 is 5.01 Å². The first-order valence-corrected chi connectivity index (χ1v) is 13.2. The van der Waals surface area contributed by atoms with E-state index in [0.29, 0.717) is 21.5 Å². The summed E-state index contributed by atoms with van der Waals surface area (Å²) in [6.45, 7) is 0.339. The van der Waals surface area contributed by atoms with E-state index in [4.69, 9.17) is 21.7 Å². The highest BCUT2D eigenvalue weighted by atomic mass is 32.2. The third-order valence-corrected chi connectivity index (χ3v) is 7.80. The number of hydrogen-bond donors (Lipinski definition) is 0. The third kappa shape index (κ3) is 4.88. The van der Waals surface area contributed by atoms with Gasteiger partial charge in [0.1, 0.15) is 10.1 Å². The molecule has 0 unspecified atom stereocenters. The first-order chi connectivity index (χ1) is 18.2. The molecule has 7 heteroatoms. The molecule has 4 aromatic rings. The summed E-state index contributed by atoms with van der Waals surface area (Å²) >= 11 is 6.77. The Hall–Kier alpha value is -3.94. The van der Waals surface area contributed by atoms with Gasteiger partial charge in [0.05, 0.1) is 35.2 Å². The van der Waals surface area contributed by atoms with E-state index in [1.807, 2.05) is 48.5 Å². The molecule has 1 amide bonds. The molecule has 0 radical (unpaired) electrons. The number of anilines is 1. The molecule has 0 aliphatic carbocycles. The predicted octanol–water partition coefficient (Wildman–Crippen LogP) is 7.04. The zero-order valence-electron chi connectivity index (χ0n) is 19.9. The van der Waals surface area contributed by atoms with Crippen molar-refractivity contribution in [2.45, 2.75) is 19.0 Å². The summed E-state index contributed by atoms with van der Waals surface area (Å²) in [6.07, 6.45) is 4.32. The third-order valence-electron chi connectivity index (χ3n) is 6.42. The summed E-state index contributed by atoms with van der Waals surface area (Å²) in [5, 5.41) is 7.13. The van der Waals surface area contributed by atoms with Gasteiger partial charge >= 0.3 is 0 Å². The quantitative estimate of drug-likeness (QED) is 0.201. The van der Waals surface area contributed by atoms with Crippen LogP contribution in [0.4, 0.5) is 5.69 Å². The highest BCUT2D eigenvalue weighted by Gasteiger charge is 2.33. The van der Waals surface area contributed by atoms with Crippen LogP contribution in [0.5, 0.6) is 0 Å². The Kier molecular flexibility index (Phi) is 6.47. The van der Waals surface area contributed by atoms with Crippen molar-refractivity contribution in [3.63, 3.8) is 0 Å². The van der Waals surface area contributed by atoms with Gasteiger partial charge in [-0.05, 0) is 47.0 Å². The van der Waals surface area contributed by atoms with Gasteiger partial charge < -0.3 is 4.42 Å². The second-order valence-electron chi connectivity index (χ2n) is 8.83. The highest BCUT2D eigenvalue weighted by Crippen LogP contribution is 2.38. The summed E-state index contributed by atoms with van der Waals surface area (Å²) < 4.78 is 5.92. The van der Waals surface area contributed by atoms with Gasteiger partial charge in [-0.15, -0.1) is 0 Å². The van der Waals surface area contributed by atoms with Gasteiger partial charge in [0, 0.05) is 6.42 Å². The minimum Gasteiger partial charge on any atom is -0.467 e. The van der Waals surface area contributed by atoms with E-state index in [9.17, 15) is 4.79 Å². The van der Waals surface area contributed by atoms with Crippen LogP contribution >= 0.6 is 24.0 Å². The fraction of sp³-hybridized carbons (Fsp3) is 0.100. The van der Waals surface area contributed by atoms with E-state index in [2.05, 4.69) is 53.5 Å². The minimum absolute atomic E-state index is 0.101. The molecule has 1 fully saturated rings. The van der Waals surface area contributed by atoms with Gasteiger partial charge in [-0.25, -0.2) is 0 Å². The summed E-state index contributed by atoms with van der Waals surface area (Å²) in [4.78, 5) is 15.2. The van der Waals surface area contributed by atoms with Gasteiger partial charge in [-0.3, -0.25) is 14.7 Å². The Bertz CT molecular complexity index is 1480. The Morgan fingerprint density at radius 3 is 2.38 bits per heavy atom. The van der Waals surface area contributed by atoms with Crippen molar-refractivity contribution in [2.75, 3.05) is 5.01 Å². The second-order valence-corrected chi connectivity index (χ2v) is 10.5. The second kappa shape index (κ2) is 10.2. The first kappa shape index (κ1) is 23.5. The summed E-state index contributed by atoms with van der Waals surface area (Å²) in [7, 11) is 0. The molecule has 3 heterocycles. The molecule has 1 saturated heterocycles. The largest absolute Gasteiger partial charge is 0.467 e. The van der Waals surface area contributed by atoms with Gasteiger partial charge in [0.15, 0.2) is 0 Å². The van der Waals surface area contributed by atoms with Crippen LogP contribution in [0.3, 0.4) is 0 Å². The molecule has 2 aliphatic heterocycles. The number of rotatable bonds is 6. The normalized spacial score (nSPS) is 18.6. The van der Waals surface area contributed by atoms with Gasteiger partial charge in [0.2, 0.25) is 0 Å². The number of thioether (sulfide) groups is 1. The maximum absolute atomic E-state index is 13.0. The monoisotopic (exact) mass is 521 g/mol. The average Bonchev–Trinajstić information content (AvgIpc) is 3.68. The Balaban J connectivity index is 1.25. The number of hydrazone groups is 1. The van der Waals surface area contributed by atoms with Crippen molar-refractivity contribution in [3.8, 4) is 0 Å². The molecule has 182 valence electrons. The van der Waals surface area contributed by atoms with E-state index in [-0.39, 0.29) is 11.9 Å². The maximum Gasteiger partial charge on any atom is 0.266 e. The molecule has 37 heavy (non-hydrogen) atoms. The SMILES string of the molecule is O=C1/C(=C\c2ccc(N3N=C(c4ccccc4)C[C@@H]3c3ccccc3)cc2)SC(=S)N1Cc1ccco1. The lowest BCUT2D eigenvalue weighted by Gasteiger charge is -2.24. The molecule has 0 saturated carbocycles. The lowest BCUT2D eigenvalue weighted by Crippen LogP contribution is -2.27. The number of thiocarbonyl (C=S) groups is 1. The van der Waals surface area contributed by atoms with Crippen molar-refractivity contribution >= 4 is 51.7 Å². The molecule has 0 bridgehead atoms. The van der Waals surface area contributed by atoms with E-state index < -0.39 is 0 Å². The van der Waals surface area contributed by atoms with Crippen molar-refractivity contribution in [3.05, 3.63) is 131 Å². The van der Waals surface area contributed by atoms with E-state index in [0.717, 1.165) is 28.9 Å². The Morgan fingerprint density at radius 1 is 0.946 bits per heavy atom. The average molecular weight is 522 g/mol. The number of hydrogen-bond acceptors (Lipinski definition) is 6. The van der Waals surface area contributed by atoms with Crippen LogP contribution in [0.2, 0.25) is 0 Å². The Morgan fingerprint density at radius 2 is 1.68 bits per heavy atom. The Labute approximate surface area is 225 Å². The van der Waals surface area contributed by atoms with Crippen LogP contribution in [0.15, 0.2) is 118 Å². The lowest BCUT2D eigenvalue weighted by atomic mass is 9.98. The zero-order valence-corrected chi connectivity index (χ0v) is 21.5. The van der Waals surface area contributed by atoms with Crippen LogP contribution in [-0.4, -0.2) is 20.8 Å². The lowest BCUT2D eigenvalue weighted by molar-refractivity contribution is -0.122. The molecule has 0 spiro atoms. The number of carbonyl (C=O) groups excluding carboxylic acids is 1. The molecule has 6 rings (SSSR count). The standard InChI is InChI=1S/C30H23N3O2S2/c34-29-28(37-30(36)32(29)20-25-12-7-17-35-25)18-21-13-15-24(16-14-21)33-27(23-10-5-2-6-11-23)19-26(31-33)22-8-3-1-4-9-22/h1-18,27H,19-20H2/b28-18+/t27-/m1/s1. The van der Waals surface area contributed by atoms with Crippen LogP contribution in [-0.2, 0) is 11.3 Å². The van der Waals surface area contributed by atoms with Crippen LogP contribution in [0.25, 0.3) is 6.08 Å². The van der Waals surface area contributed by atoms with Crippen molar-refractivity contribution in [1.29, 1.82) is 0 Å². The molecule has 5 nitrogen and oxygen atoms in total. The van der Waals surface area contributed by atoms with Crippen molar-refractivity contribution < 1.29 is 9.21 Å². The maximum atomic E-state index is 13.0. The number of benzene rings is 3. The van der Waals surface area contributed by atoms with Gasteiger partial charge in [0.25, 0.3) is 5.91 Å². The number of amides is 1. The molecule has 3 aromatic carbocycles. The minimum atomic E-state index is -0.101. The highest BCUT2D eigenvalue weighted by molar-refractivity contribution is 8.26. The van der Waals surface area contributed by atoms with E-state index in [1.54, 1.807) is 17.2 Å². The molecule has 0 N–H and O–H groups in total. The number of furan rings is 1. The fourth-order valence-electron chi connectivity index (χ4n) is 4.56. The predicted molar refractivity (Wildman–Crippen MR) is 153 cm³/mol. The van der Waals surface area contributed by atoms with E-state index in [1.165, 1.54) is 17.3 Å². The van der Waals surface area contributed by atoms with Crippen LogP contribution in [0.1, 0.15) is 34.9 Å². The smallest absolute Gasteiger partial charge is 0.266 e. The number of carbonyl (C=O) groups is 1. The van der Waals surface area contributed by atoms with Crippen LogP contribution in [0, 0.1) is 0 Å². The fourth-order valence-corrected chi connectivity index (χ4v) is 5.81. The topological polar surface area (TPSA) is 49.1 Å². The zero-order chi connectivity index (χ0) is 25.2. The number of nitrogens with zero attached hydrogens (tertiary/aromatic N) is 3. The molecule has 1 aromatic heterocycles. The summed E-state index contributed by atoms with van der Waals surface area (Å²) in [5.41, 5.74) is 5.37.